The van der Waals surface area contributed by atoms with Crippen molar-refractivity contribution in [1.82, 2.24) is 4.90 Å². The van der Waals surface area contributed by atoms with E-state index >= 15 is 0 Å². The Balaban J connectivity index is 1.64. The number of halogens is 2. The molecule has 0 aliphatic carbocycles. The molecule has 0 fully saturated rings. The van der Waals surface area contributed by atoms with Gasteiger partial charge in [0.1, 0.15) is 0 Å². The lowest BCUT2D eigenvalue weighted by Gasteiger charge is -2.27. The second-order valence-electron chi connectivity index (χ2n) is 5.71. The van der Waals surface area contributed by atoms with Crippen molar-refractivity contribution >= 4 is 46.4 Å². The van der Waals surface area contributed by atoms with Crippen LogP contribution in [0.1, 0.15) is 27.7 Å². The first kappa shape index (κ1) is 19.0. The van der Waals surface area contributed by atoms with Gasteiger partial charge in [-0.2, -0.15) is 0 Å². The van der Waals surface area contributed by atoms with Crippen LogP contribution in [0.2, 0.25) is 10.0 Å². The first-order valence-corrected chi connectivity index (χ1v) is 9.75. The second-order valence-corrected chi connectivity index (χ2v) is 7.53. The van der Waals surface area contributed by atoms with E-state index in [2.05, 4.69) is 0 Å². The van der Waals surface area contributed by atoms with Crippen molar-refractivity contribution in [2.24, 2.45) is 0 Å². The van der Waals surface area contributed by atoms with Gasteiger partial charge < -0.3 is 14.4 Å². The summed E-state index contributed by atoms with van der Waals surface area (Å²) in [7, 11) is 0. The molecule has 0 N–H and O–H groups in total. The molecule has 1 aromatic heterocycles. The summed E-state index contributed by atoms with van der Waals surface area (Å²) in [6.07, 6.45) is 0.856. The Morgan fingerprint density at radius 2 is 2.00 bits per heavy atom. The highest BCUT2D eigenvalue weighted by atomic mass is 35.5. The molecule has 138 valence electrons. The maximum absolute atomic E-state index is 12.4. The summed E-state index contributed by atoms with van der Waals surface area (Å²) in [4.78, 5) is 27.3. The summed E-state index contributed by atoms with van der Waals surface area (Å²) in [6.45, 7) is 3.05. The first-order valence-electron chi connectivity index (χ1n) is 8.11. The van der Waals surface area contributed by atoms with Gasteiger partial charge in [0.2, 0.25) is 0 Å². The van der Waals surface area contributed by atoms with Crippen LogP contribution in [0.5, 0.6) is 5.75 Å². The third kappa shape index (κ3) is 4.14. The fourth-order valence-electron chi connectivity index (χ4n) is 2.72. The highest BCUT2D eigenvalue weighted by Crippen LogP contribution is 2.34. The molecule has 26 heavy (non-hydrogen) atoms. The Kier molecular flexibility index (Phi) is 6.06. The molecule has 0 radical (unpaired) electrons. The molecule has 0 saturated heterocycles. The van der Waals surface area contributed by atoms with Crippen molar-refractivity contribution in [3.05, 3.63) is 49.6 Å². The number of nitrogens with zero attached hydrogens (tertiary/aromatic N) is 1. The van der Waals surface area contributed by atoms with Gasteiger partial charge in [0.05, 0.1) is 22.2 Å². The molecule has 0 saturated carbocycles. The van der Waals surface area contributed by atoms with Gasteiger partial charge in [0.25, 0.3) is 5.91 Å². The van der Waals surface area contributed by atoms with Gasteiger partial charge in [-0.15, -0.1) is 11.3 Å². The normalized spacial score (nSPS) is 13.3. The predicted molar refractivity (Wildman–Crippen MR) is 101 cm³/mol. The van der Waals surface area contributed by atoms with E-state index in [1.807, 2.05) is 11.4 Å². The van der Waals surface area contributed by atoms with E-state index in [9.17, 15) is 9.59 Å². The van der Waals surface area contributed by atoms with Crippen molar-refractivity contribution < 1.29 is 19.1 Å². The first-order chi connectivity index (χ1) is 12.5. The minimum Gasteiger partial charge on any atom is -0.481 e. The molecule has 0 unspecified atom stereocenters. The summed E-state index contributed by atoms with van der Waals surface area (Å²) >= 11 is 14.0. The quantitative estimate of drug-likeness (QED) is 0.689. The monoisotopic (exact) mass is 413 g/mol. The zero-order chi connectivity index (χ0) is 18.7. The Labute approximate surface area is 165 Å². The SMILES string of the molecule is CCOC(=O)c1cc(Cl)c(OCC(=O)N2CCc3sccc3C2)c(Cl)c1. The summed E-state index contributed by atoms with van der Waals surface area (Å²) in [5.41, 5.74) is 1.42. The summed E-state index contributed by atoms with van der Waals surface area (Å²) < 4.78 is 10.5. The van der Waals surface area contributed by atoms with E-state index in [1.165, 1.54) is 22.6 Å². The molecule has 2 heterocycles. The number of hydrogen-bond acceptors (Lipinski definition) is 5. The molecule has 0 spiro atoms. The lowest BCUT2D eigenvalue weighted by Crippen LogP contribution is -2.38. The second kappa shape index (κ2) is 8.29. The minimum absolute atomic E-state index is 0.136. The summed E-state index contributed by atoms with van der Waals surface area (Å²) in [6, 6.07) is 4.88. The number of benzene rings is 1. The molecular formula is C18H17Cl2NO4S. The lowest BCUT2D eigenvalue weighted by atomic mass is 10.1. The number of amides is 1. The van der Waals surface area contributed by atoms with Crippen LogP contribution < -0.4 is 4.74 Å². The molecule has 3 rings (SSSR count). The molecule has 1 aliphatic heterocycles. The lowest BCUT2D eigenvalue weighted by molar-refractivity contribution is -0.134. The van der Waals surface area contributed by atoms with E-state index in [-0.39, 0.29) is 40.5 Å². The van der Waals surface area contributed by atoms with Crippen LogP contribution in [0.4, 0.5) is 0 Å². The van der Waals surface area contributed by atoms with Gasteiger partial charge in [-0.25, -0.2) is 4.79 Å². The Morgan fingerprint density at radius 3 is 2.69 bits per heavy atom. The standard InChI is InChI=1S/C18H17Cl2NO4S/c1-2-24-18(23)12-7-13(19)17(14(20)8-12)25-10-16(22)21-5-3-15-11(9-21)4-6-26-15/h4,6-8H,2-3,5,9-10H2,1H3. The highest BCUT2D eigenvalue weighted by Gasteiger charge is 2.23. The van der Waals surface area contributed by atoms with Crippen molar-refractivity contribution in [2.45, 2.75) is 19.9 Å². The van der Waals surface area contributed by atoms with Gasteiger partial charge in [0, 0.05) is 18.0 Å². The van der Waals surface area contributed by atoms with Crippen molar-refractivity contribution in [3.8, 4) is 5.75 Å². The topological polar surface area (TPSA) is 55.8 Å². The number of carbonyl (C=O) groups is 2. The van der Waals surface area contributed by atoms with Crippen LogP contribution in [0.25, 0.3) is 0 Å². The van der Waals surface area contributed by atoms with Crippen LogP contribution in [-0.4, -0.2) is 36.5 Å². The molecule has 1 aromatic carbocycles. The third-order valence-electron chi connectivity index (χ3n) is 4.01. The largest absolute Gasteiger partial charge is 0.481 e. The molecule has 2 aromatic rings. The van der Waals surface area contributed by atoms with Crippen molar-refractivity contribution in [3.63, 3.8) is 0 Å². The molecule has 8 heteroatoms. The van der Waals surface area contributed by atoms with Crippen LogP contribution in [0.15, 0.2) is 23.6 Å². The fraction of sp³-hybridized carbons (Fsp3) is 0.333. The van der Waals surface area contributed by atoms with Crippen LogP contribution in [0.3, 0.4) is 0 Å². The number of rotatable bonds is 5. The minimum atomic E-state index is -0.515. The number of carbonyl (C=O) groups excluding carboxylic acids is 2. The van der Waals surface area contributed by atoms with Crippen molar-refractivity contribution in [2.75, 3.05) is 19.8 Å². The van der Waals surface area contributed by atoms with Gasteiger partial charge >= 0.3 is 5.97 Å². The van der Waals surface area contributed by atoms with E-state index in [1.54, 1.807) is 23.2 Å². The average molecular weight is 414 g/mol. The van der Waals surface area contributed by atoms with Crippen LogP contribution in [0, 0.1) is 0 Å². The van der Waals surface area contributed by atoms with Gasteiger partial charge in [0.15, 0.2) is 12.4 Å². The van der Waals surface area contributed by atoms with Gasteiger partial charge in [-0.1, -0.05) is 23.2 Å². The Morgan fingerprint density at radius 1 is 1.27 bits per heavy atom. The molecule has 0 bridgehead atoms. The van der Waals surface area contributed by atoms with E-state index in [0.717, 1.165) is 6.42 Å². The molecule has 1 amide bonds. The number of fused-ring (bicyclic) bond motifs is 1. The smallest absolute Gasteiger partial charge is 0.338 e. The maximum Gasteiger partial charge on any atom is 0.338 e. The van der Waals surface area contributed by atoms with Crippen LogP contribution >= 0.6 is 34.5 Å². The maximum atomic E-state index is 12.4. The van der Waals surface area contributed by atoms with E-state index in [0.29, 0.717) is 13.1 Å². The molecule has 0 atom stereocenters. The zero-order valence-electron chi connectivity index (χ0n) is 14.1. The van der Waals surface area contributed by atoms with Crippen LogP contribution in [-0.2, 0) is 22.5 Å². The molecule has 1 aliphatic rings. The number of hydrogen-bond donors (Lipinski definition) is 0. The Bertz CT molecular complexity index is 813. The fourth-order valence-corrected chi connectivity index (χ4v) is 4.20. The predicted octanol–water partition coefficient (Wildman–Crippen LogP) is 4.20. The molecule has 5 nitrogen and oxygen atoms in total. The highest BCUT2D eigenvalue weighted by molar-refractivity contribution is 7.10. The molecular weight excluding hydrogens is 397 g/mol. The van der Waals surface area contributed by atoms with Crippen molar-refractivity contribution in [1.29, 1.82) is 0 Å². The summed E-state index contributed by atoms with van der Waals surface area (Å²) in [5, 5.41) is 2.36. The number of esters is 1. The van der Waals surface area contributed by atoms with E-state index < -0.39 is 5.97 Å². The van der Waals surface area contributed by atoms with Gasteiger partial charge in [-0.3, -0.25) is 4.79 Å². The van der Waals surface area contributed by atoms with E-state index in [4.69, 9.17) is 32.7 Å². The summed E-state index contributed by atoms with van der Waals surface area (Å²) in [5.74, 6) is -0.467. The number of ether oxygens (including phenoxy) is 2. The Hall–Kier alpha value is -1.76. The zero-order valence-corrected chi connectivity index (χ0v) is 16.4. The van der Waals surface area contributed by atoms with Gasteiger partial charge in [-0.05, 0) is 42.5 Å². The third-order valence-corrected chi connectivity index (χ3v) is 5.59. The average Bonchev–Trinajstić information content (AvgIpc) is 3.08. The number of thiophene rings is 1.